The minimum absolute atomic E-state index is 0.00320. The van der Waals surface area contributed by atoms with Crippen LogP contribution in [0.25, 0.3) is 0 Å². The molecule has 4 amide bonds. The topological polar surface area (TPSA) is 78.0 Å². The number of carbonyl (C=O) groups excluding carboxylic acids is 4. The average molecular weight is 550 g/mol. The van der Waals surface area contributed by atoms with E-state index in [1.54, 1.807) is 0 Å². The van der Waals surface area contributed by atoms with Gasteiger partial charge in [-0.3, -0.25) is 19.2 Å². The molecule has 2 aromatic rings. The zero-order valence-corrected chi connectivity index (χ0v) is 21.8. The van der Waals surface area contributed by atoms with Crippen LogP contribution in [0.1, 0.15) is 27.0 Å². The highest BCUT2D eigenvalue weighted by Gasteiger charge is 2.64. The molecule has 0 spiro atoms. The molecule has 0 bridgehead atoms. The van der Waals surface area contributed by atoms with Crippen LogP contribution in [0.4, 0.5) is 8.78 Å². The van der Waals surface area contributed by atoms with Crippen LogP contribution in [0, 0.1) is 0 Å². The Morgan fingerprint density at radius 3 is 2.02 bits per heavy atom. The van der Waals surface area contributed by atoms with Gasteiger partial charge in [0.2, 0.25) is 27.8 Å². The van der Waals surface area contributed by atoms with Crippen molar-refractivity contribution in [3.8, 4) is 0 Å². The van der Waals surface area contributed by atoms with Crippen molar-refractivity contribution in [2.24, 2.45) is 0 Å². The van der Waals surface area contributed by atoms with Gasteiger partial charge in [-0.05, 0) is 39.9 Å². The lowest BCUT2D eigenvalue weighted by atomic mass is 9.21. The number of piperidine rings is 1. The number of rotatable bonds is 5. The normalized spacial score (nSPS) is 22.0. The number of benzene rings is 2. The van der Waals surface area contributed by atoms with Gasteiger partial charge in [-0.25, -0.2) is 0 Å². The average Bonchev–Trinajstić information content (AvgIpc) is 3.25. The van der Waals surface area contributed by atoms with E-state index >= 15 is 0 Å². The summed E-state index contributed by atoms with van der Waals surface area (Å²) in [4.78, 5) is 52.2. The molecule has 1 unspecified atom stereocenters. The second-order valence-corrected chi connectivity index (χ2v) is 10.3. The Morgan fingerprint density at radius 1 is 0.927 bits per heavy atom. The van der Waals surface area contributed by atoms with Gasteiger partial charge < -0.3 is 14.5 Å². The maximum absolute atomic E-state index is 15.0. The summed E-state index contributed by atoms with van der Waals surface area (Å²) in [5, 5.41) is -7.84. The zero-order valence-electron chi connectivity index (χ0n) is 21.1. The van der Waals surface area contributed by atoms with Gasteiger partial charge in [-0.15, -0.1) is 0 Å². The van der Waals surface area contributed by atoms with Crippen molar-refractivity contribution in [1.82, 2.24) is 14.5 Å². The van der Waals surface area contributed by atoms with Crippen molar-refractivity contribution < 1.29 is 28.0 Å². The predicted octanol–water partition coefficient (Wildman–Crippen LogP) is -1.33. The first kappa shape index (κ1) is 31.2. The molecule has 2 aliphatic heterocycles. The van der Waals surface area contributed by atoms with Gasteiger partial charge in [-0.1, -0.05) is 41.1 Å². The number of carbonyl (C=O) groups is 4. The van der Waals surface area contributed by atoms with Crippen molar-refractivity contribution in [1.29, 1.82) is 0 Å². The van der Waals surface area contributed by atoms with Crippen LogP contribution in [-0.2, 0) is 32.2 Å². The van der Waals surface area contributed by atoms with Gasteiger partial charge in [0, 0.05) is 22.7 Å². The first-order valence-corrected chi connectivity index (χ1v) is 11.9. The SMILES string of the molecule is [B]N1C(=O)C([B])([B])C([B])([B])C([B])(N2Cc3cc(C([B])([B])N([B])C(=O)C(F)(F)c4ccc(Cl)cc4)ccc3C2=O)C1=O. The lowest BCUT2D eigenvalue weighted by Crippen LogP contribution is -2.75. The standard InChI is InChI=1S/C22H9B9ClF2N3O4/c23-19(24)16(40)36(30)17(41)20(25,22(19,28)29)35-8-9-7-11(3-6-13(9)14(35)38)21(26,27)37(31)15(39)18(33,34)10-1-4-12(32)5-2-10/h1-7H,8H2. The fraction of sp³-hybridized carbons (Fsp3) is 0.273. The predicted molar refractivity (Wildman–Crippen MR) is 152 cm³/mol. The Hall–Kier alpha value is -2.75. The molecule has 1 fully saturated rings. The molecule has 1 atom stereocenters. The first-order chi connectivity index (χ1) is 18.6. The lowest BCUT2D eigenvalue weighted by Gasteiger charge is -2.62. The number of halogens is 3. The fourth-order valence-electron chi connectivity index (χ4n) is 4.58. The third-order valence-electron chi connectivity index (χ3n) is 7.32. The van der Waals surface area contributed by atoms with Crippen molar-refractivity contribution in [3.05, 3.63) is 69.7 Å². The molecule has 4 rings (SSSR count). The van der Waals surface area contributed by atoms with Crippen LogP contribution < -0.4 is 0 Å². The van der Waals surface area contributed by atoms with E-state index in [0.717, 1.165) is 42.5 Å². The van der Waals surface area contributed by atoms with Gasteiger partial charge >= 0.3 is 5.92 Å². The molecule has 0 aromatic heterocycles. The van der Waals surface area contributed by atoms with Crippen LogP contribution in [0.5, 0.6) is 0 Å². The minimum atomic E-state index is -4.16. The summed E-state index contributed by atoms with van der Waals surface area (Å²) in [5.41, 5.74) is -3.70. The Kier molecular flexibility index (Phi) is 7.34. The van der Waals surface area contributed by atoms with Crippen molar-refractivity contribution >= 4 is 106 Å². The molecule has 0 N–H and O–H groups in total. The van der Waals surface area contributed by atoms with Crippen molar-refractivity contribution in [2.75, 3.05) is 0 Å². The van der Waals surface area contributed by atoms with E-state index in [-0.39, 0.29) is 31.3 Å². The zero-order chi connectivity index (χ0) is 31.1. The third kappa shape index (κ3) is 4.26. The summed E-state index contributed by atoms with van der Waals surface area (Å²) in [5.74, 6) is -9.79. The summed E-state index contributed by atoms with van der Waals surface area (Å²) in [7, 11) is 53.3. The van der Waals surface area contributed by atoms with Gasteiger partial charge in [-0.2, -0.15) is 8.78 Å². The molecular formula is C22H9B9ClF2N3O4. The second-order valence-electron chi connectivity index (χ2n) is 9.83. The number of hydrogen-bond acceptors (Lipinski definition) is 4. The Bertz CT molecular complexity index is 1500. The Labute approximate surface area is 251 Å². The summed E-state index contributed by atoms with van der Waals surface area (Å²) in [6.07, 6.45) is 0. The monoisotopic (exact) mass is 551 g/mol. The van der Waals surface area contributed by atoms with Crippen LogP contribution in [0.15, 0.2) is 42.5 Å². The summed E-state index contributed by atoms with van der Waals surface area (Å²) < 4.78 is 29.9. The van der Waals surface area contributed by atoms with Crippen molar-refractivity contribution in [3.63, 3.8) is 0 Å². The van der Waals surface area contributed by atoms with Crippen LogP contribution in [0.2, 0.25) is 15.5 Å². The quantitative estimate of drug-likeness (QED) is 0.342. The molecule has 0 saturated carbocycles. The Balaban J connectivity index is 1.68. The molecule has 2 aliphatic rings. The van der Waals surface area contributed by atoms with Crippen LogP contribution in [-0.4, -0.2) is 114 Å². The largest absolute Gasteiger partial charge is 0.398 e. The van der Waals surface area contributed by atoms with E-state index in [1.807, 2.05) is 0 Å². The highest BCUT2D eigenvalue weighted by Crippen LogP contribution is 2.57. The molecular weight excluding hydrogens is 541 g/mol. The highest BCUT2D eigenvalue weighted by molar-refractivity contribution is 6.68. The number of nitrogens with zero attached hydrogens (tertiary/aromatic N) is 3. The summed E-state index contributed by atoms with van der Waals surface area (Å²) >= 11 is 5.72. The van der Waals surface area contributed by atoms with Crippen molar-refractivity contribution in [2.45, 2.75) is 33.7 Å². The first-order valence-electron chi connectivity index (χ1n) is 11.5. The number of hydrogen-bond donors (Lipinski definition) is 0. The number of alkyl halides is 2. The number of amides is 4. The third-order valence-corrected chi connectivity index (χ3v) is 7.57. The molecule has 1 saturated heterocycles. The maximum atomic E-state index is 15.0. The fourth-order valence-corrected chi connectivity index (χ4v) is 4.70. The molecule has 19 heteroatoms. The summed E-state index contributed by atoms with van der Waals surface area (Å²) in [6, 6.07) is 7.61. The van der Waals surface area contributed by atoms with Gasteiger partial charge in [0.1, 0.15) is 7.85 Å². The lowest BCUT2D eigenvalue weighted by molar-refractivity contribution is -0.155. The molecule has 18 radical (unpaired) electrons. The summed E-state index contributed by atoms with van der Waals surface area (Å²) in [6.45, 7) is -0.520. The smallest absolute Gasteiger partial charge is 0.348 e. The molecule has 184 valence electrons. The van der Waals surface area contributed by atoms with Gasteiger partial charge in [0.25, 0.3) is 11.8 Å². The maximum Gasteiger partial charge on any atom is 0.348 e. The van der Waals surface area contributed by atoms with E-state index in [1.165, 1.54) is 0 Å². The molecule has 41 heavy (non-hydrogen) atoms. The molecule has 0 aliphatic carbocycles. The van der Waals surface area contributed by atoms with Gasteiger partial charge in [0.05, 0.1) is 52.5 Å². The van der Waals surface area contributed by atoms with E-state index < -0.39 is 62.9 Å². The van der Waals surface area contributed by atoms with Gasteiger partial charge in [0.15, 0.2) is 0 Å². The number of fused-ring (bicyclic) bond motifs is 1. The van der Waals surface area contributed by atoms with E-state index in [2.05, 4.69) is 0 Å². The van der Waals surface area contributed by atoms with E-state index in [4.69, 9.17) is 82.5 Å². The number of imide groups is 1. The van der Waals surface area contributed by atoms with Crippen LogP contribution in [0.3, 0.4) is 0 Å². The van der Waals surface area contributed by atoms with E-state index in [0.29, 0.717) is 4.90 Å². The van der Waals surface area contributed by atoms with E-state index in [9.17, 15) is 28.0 Å². The molecule has 2 aromatic carbocycles. The molecule has 7 nitrogen and oxygen atoms in total. The second kappa shape index (κ2) is 9.64. The van der Waals surface area contributed by atoms with Crippen LogP contribution >= 0.6 is 11.6 Å². The minimum Gasteiger partial charge on any atom is -0.398 e. The Morgan fingerprint density at radius 2 is 1.46 bits per heavy atom. The highest BCUT2D eigenvalue weighted by atomic mass is 35.5. The molecule has 2 heterocycles.